The molecule has 0 radical (unpaired) electrons. The van der Waals surface area contributed by atoms with Crippen molar-refractivity contribution >= 4 is 44.8 Å². The second kappa shape index (κ2) is 16.0. The summed E-state index contributed by atoms with van der Waals surface area (Å²) < 4.78 is 10.8. The summed E-state index contributed by atoms with van der Waals surface area (Å²) in [4.78, 5) is 29.9. The Morgan fingerprint density at radius 2 is 0.944 bits per heavy atom. The van der Waals surface area contributed by atoms with E-state index >= 15 is 0 Å². The van der Waals surface area contributed by atoms with Gasteiger partial charge in [0.25, 0.3) is 0 Å². The summed E-state index contributed by atoms with van der Waals surface area (Å²) >= 11 is 0. The number of aryl methyl sites for hydroxylation is 4. The summed E-state index contributed by atoms with van der Waals surface area (Å²) in [5, 5.41) is 0. The van der Waals surface area contributed by atoms with Gasteiger partial charge in [0, 0.05) is 14.2 Å². The monoisotopic (exact) mass is 532 g/mol. The Labute approximate surface area is 224 Å². The molecule has 36 heavy (non-hydrogen) atoms. The molecular formula is C28H40N2O4S2. The molecular weight excluding hydrogens is 492 g/mol. The van der Waals surface area contributed by atoms with Crippen molar-refractivity contribution in [2.75, 3.05) is 49.0 Å². The molecule has 0 spiro atoms. The number of carbonyl (C=O) groups excluding carboxylic acids is 2. The number of para-hydroxylation sites is 2. The fourth-order valence-corrected chi connectivity index (χ4v) is 6.03. The summed E-state index contributed by atoms with van der Waals surface area (Å²) in [6, 6.07) is 12.3. The lowest BCUT2D eigenvalue weighted by atomic mass is 10.0. The SMILES string of the molecule is CCc1cccc(CC)c1N(COC)C(=O)CSSCC(=O)N(COC)c1c(CC)cccc1CC. The highest BCUT2D eigenvalue weighted by Crippen LogP contribution is 2.31. The number of ether oxygens (including phenoxy) is 2. The van der Waals surface area contributed by atoms with Crippen molar-refractivity contribution in [3.63, 3.8) is 0 Å². The molecule has 8 heteroatoms. The van der Waals surface area contributed by atoms with Crippen molar-refractivity contribution in [2.24, 2.45) is 0 Å². The van der Waals surface area contributed by atoms with E-state index in [0.717, 1.165) is 59.3 Å². The number of benzene rings is 2. The molecule has 0 atom stereocenters. The van der Waals surface area contributed by atoms with Crippen LogP contribution >= 0.6 is 21.6 Å². The highest BCUT2D eigenvalue weighted by Gasteiger charge is 2.23. The Balaban J connectivity index is 2.09. The van der Waals surface area contributed by atoms with Crippen molar-refractivity contribution in [1.82, 2.24) is 0 Å². The quantitative estimate of drug-likeness (QED) is 0.162. The molecule has 0 unspecified atom stereocenters. The molecule has 2 rings (SSSR count). The van der Waals surface area contributed by atoms with Crippen LogP contribution in [0.25, 0.3) is 0 Å². The van der Waals surface area contributed by atoms with Gasteiger partial charge in [-0.3, -0.25) is 19.4 Å². The van der Waals surface area contributed by atoms with Crippen LogP contribution in [0.1, 0.15) is 49.9 Å². The topological polar surface area (TPSA) is 59.1 Å². The Morgan fingerprint density at radius 3 is 1.19 bits per heavy atom. The maximum absolute atomic E-state index is 13.2. The Morgan fingerprint density at radius 1 is 0.639 bits per heavy atom. The molecule has 2 amide bonds. The van der Waals surface area contributed by atoms with Crippen LogP contribution < -0.4 is 9.80 Å². The van der Waals surface area contributed by atoms with E-state index in [9.17, 15) is 9.59 Å². The molecule has 0 fully saturated rings. The number of anilines is 2. The van der Waals surface area contributed by atoms with Gasteiger partial charge in [-0.05, 0) is 47.9 Å². The van der Waals surface area contributed by atoms with E-state index in [4.69, 9.17) is 9.47 Å². The van der Waals surface area contributed by atoms with Gasteiger partial charge in [-0.15, -0.1) is 0 Å². The van der Waals surface area contributed by atoms with Crippen LogP contribution in [-0.2, 0) is 44.7 Å². The summed E-state index contributed by atoms with van der Waals surface area (Å²) in [5.41, 5.74) is 6.41. The molecule has 198 valence electrons. The fraction of sp³-hybridized carbons (Fsp3) is 0.500. The van der Waals surface area contributed by atoms with E-state index in [0.29, 0.717) is 0 Å². The van der Waals surface area contributed by atoms with E-state index in [1.165, 1.54) is 21.6 Å². The number of hydrogen-bond donors (Lipinski definition) is 0. The number of rotatable bonds is 15. The van der Waals surface area contributed by atoms with Gasteiger partial charge in [-0.25, -0.2) is 0 Å². The first-order valence-electron chi connectivity index (χ1n) is 12.5. The molecule has 0 heterocycles. The zero-order chi connectivity index (χ0) is 26.5. The van der Waals surface area contributed by atoms with Crippen LogP contribution in [0, 0.1) is 0 Å². The minimum absolute atomic E-state index is 0.0317. The lowest BCUT2D eigenvalue weighted by molar-refractivity contribution is -0.118. The zero-order valence-electron chi connectivity index (χ0n) is 22.5. The average Bonchev–Trinajstić information content (AvgIpc) is 2.91. The van der Waals surface area contributed by atoms with Gasteiger partial charge >= 0.3 is 0 Å². The Bertz CT molecular complexity index is 876. The summed E-state index contributed by atoms with van der Waals surface area (Å²) in [7, 11) is 6.00. The maximum Gasteiger partial charge on any atom is 0.239 e. The molecule has 6 nitrogen and oxygen atoms in total. The molecule has 0 aromatic heterocycles. The largest absolute Gasteiger partial charge is 0.364 e. The van der Waals surface area contributed by atoms with Gasteiger partial charge < -0.3 is 9.47 Å². The highest BCUT2D eigenvalue weighted by molar-refractivity contribution is 8.77. The van der Waals surface area contributed by atoms with Crippen molar-refractivity contribution in [2.45, 2.75) is 53.4 Å². The van der Waals surface area contributed by atoms with Crippen LogP contribution in [0.2, 0.25) is 0 Å². The Hall–Kier alpha value is -2.00. The normalized spacial score (nSPS) is 10.9. The summed E-state index contributed by atoms with van der Waals surface area (Å²) in [6.07, 6.45) is 3.34. The smallest absolute Gasteiger partial charge is 0.239 e. The molecule has 0 aliphatic rings. The predicted molar refractivity (Wildman–Crippen MR) is 154 cm³/mol. The molecule has 0 saturated heterocycles. The molecule has 0 aliphatic carbocycles. The number of amides is 2. The van der Waals surface area contributed by atoms with Gasteiger partial charge in [0.15, 0.2) is 0 Å². The van der Waals surface area contributed by atoms with Gasteiger partial charge in [-0.1, -0.05) is 85.7 Å². The van der Waals surface area contributed by atoms with Crippen LogP contribution in [-0.4, -0.2) is 51.0 Å². The lowest BCUT2D eigenvalue weighted by Crippen LogP contribution is -2.36. The molecule has 0 bridgehead atoms. The molecule has 0 saturated carbocycles. The van der Waals surface area contributed by atoms with Gasteiger partial charge in [0.05, 0.1) is 22.9 Å². The average molecular weight is 533 g/mol. The number of nitrogens with zero attached hydrogens (tertiary/aromatic N) is 2. The van der Waals surface area contributed by atoms with Crippen molar-refractivity contribution in [3.05, 3.63) is 58.7 Å². The van der Waals surface area contributed by atoms with E-state index in [2.05, 4.69) is 52.0 Å². The molecule has 2 aromatic rings. The van der Waals surface area contributed by atoms with Crippen LogP contribution in [0.5, 0.6) is 0 Å². The summed E-state index contributed by atoms with van der Waals surface area (Å²) in [5.74, 6) is 0.434. The highest BCUT2D eigenvalue weighted by atomic mass is 33.1. The lowest BCUT2D eigenvalue weighted by Gasteiger charge is -2.27. The van der Waals surface area contributed by atoms with Crippen molar-refractivity contribution in [1.29, 1.82) is 0 Å². The van der Waals surface area contributed by atoms with Gasteiger partial charge in [0.2, 0.25) is 11.8 Å². The Kier molecular flexibility index (Phi) is 13.4. The first-order valence-corrected chi connectivity index (χ1v) is 15.0. The third-order valence-corrected chi connectivity index (χ3v) is 8.14. The minimum Gasteiger partial charge on any atom is -0.364 e. The summed E-state index contributed by atoms with van der Waals surface area (Å²) in [6.45, 7) is 8.77. The van der Waals surface area contributed by atoms with Crippen LogP contribution in [0.3, 0.4) is 0 Å². The minimum atomic E-state index is -0.0317. The second-order valence-corrected chi connectivity index (χ2v) is 10.7. The number of hydrogen-bond acceptors (Lipinski definition) is 6. The van der Waals surface area contributed by atoms with Crippen molar-refractivity contribution in [3.8, 4) is 0 Å². The predicted octanol–water partition coefficient (Wildman–Crippen LogP) is 5.89. The van der Waals surface area contributed by atoms with Crippen LogP contribution in [0.15, 0.2) is 36.4 Å². The van der Waals surface area contributed by atoms with Gasteiger partial charge in [-0.2, -0.15) is 0 Å². The number of carbonyl (C=O) groups is 2. The van der Waals surface area contributed by atoms with Crippen molar-refractivity contribution < 1.29 is 19.1 Å². The number of methoxy groups -OCH3 is 2. The van der Waals surface area contributed by atoms with E-state index in [1.807, 2.05) is 12.1 Å². The molecule has 2 aromatic carbocycles. The first-order chi connectivity index (χ1) is 17.5. The van der Waals surface area contributed by atoms with E-state index in [-0.39, 0.29) is 36.8 Å². The molecule has 0 aliphatic heterocycles. The zero-order valence-corrected chi connectivity index (χ0v) is 24.1. The first kappa shape index (κ1) is 30.2. The van der Waals surface area contributed by atoms with Crippen LogP contribution in [0.4, 0.5) is 11.4 Å². The maximum atomic E-state index is 13.2. The third-order valence-electron chi connectivity index (χ3n) is 6.04. The standard InChI is InChI=1S/C28H40N2O4S2/c1-7-21-13-11-14-22(8-2)27(21)29(19-33-5)25(31)17-35-36-18-26(32)30(20-34-6)28-23(9-3)15-12-16-24(28)10-4/h11-16H,7-10,17-20H2,1-6H3. The van der Waals surface area contributed by atoms with E-state index < -0.39 is 0 Å². The second-order valence-electron chi connectivity index (χ2n) is 8.27. The van der Waals surface area contributed by atoms with E-state index in [1.54, 1.807) is 24.0 Å². The molecule has 0 N–H and O–H groups in total. The fourth-order valence-electron chi connectivity index (χ4n) is 4.24. The van der Waals surface area contributed by atoms with Gasteiger partial charge in [0.1, 0.15) is 13.5 Å². The third kappa shape index (κ3) is 7.75.